The van der Waals surface area contributed by atoms with E-state index in [1.54, 1.807) is 18.2 Å². The zero-order valence-corrected chi connectivity index (χ0v) is 21.3. The summed E-state index contributed by atoms with van der Waals surface area (Å²) < 4.78 is 18.0. The van der Waals surface area contributed by atoms with E-state index >= 15 is 0 Å². The van der Waals surface area contributed by atoms with Gasteiger partial charge in [0.1, 0.15) is 0 Å². The third-order valence-corrected chi connectivity index (χ3v) is 6.08. The van der Waals surface area contributed by atoms with Crippen molar-refractivity contribution in [2.45, 2.75) is 32.2 Å². The number of para-hydroxylation sites is 1. The SMILES string of the molecule is CCSc1nnc2c(n1)O[C@H](c1cc(Br)cc(OC)c1OC(C)=O)N(C(C)=O)c1ccccc1-2. The lowest BCUT2D eigenvalue weighted by Crippen LogP contribution is -2.36. The van der Waals surface area contributed by atoms with Crippen LogP contribution in [0.2, 0.25) is 0 Å². The number of fused-ring (bicyclic) bond motifs is 3. The highest BCUT2D eigenvalue weighted by molar-refractivity contribution is 9.10. The van der Waals surface area contributed by atoms with Crippen LogP contribution in [0, 0.1) is 0 Å². The van der Waals surface area contributed by atoms with Gasteiger partial charge in [0.25, 0.3) is 0 Å². The Labute approximate surface area is 209 Å². The van der Waals surface area contributed by atoms with E-state index in [9.17, 15) is 9.59 Å². The van der Waals surface area contributed by atoms with Gasteiger partial charge in [0, 0.05) is 23.9 Å². The van der Waals surface area contributed by atoms with E-state index in [4.69, 9.17) is 14.2 Å². The van der Waals surface area contributed by atoms with Crippen LogP contribution in [-0.2, 0) is 9.59 Å². The topological polar surface area (TPSA) is 104 Å². The predicted octanol–water partition coefficient (Wildman–Crippen LogP) is 4.79. The Balaban J connectivity index is 2.01. The second-order valence-corrected chi connectivity index (χ2v) is 9.32. The van der Waals surface area contributed by atoms with Crippen LogP contribution in [0.25, 0.3) is 11.3 Å². The fourth-order valence-electron chi connectivity index (χ4n) is 3.62. The van der Waals surface area contributed by atoms with Crippen LogP contribution in [-0.4, -0.2) is 39.9 Å². The summed E-state index contributed by atoms with van der Waals surface area (Å²) in [7, 11) is 1.46. The van der Waals surface area contributed by atoms with Crippen molar-refractivity contribution >= 4 is 45.3 Å². The summed E-state index contributed by atoms with van der Waals surface area (Å²) in [5, 5.41) is 9.02. The van der Waals surface area contributed by atoms with Crippen molar-refractivity contribution in [3.8, 4) is 28.6 Å². The van der Waals surface area contributed by atoms with Crippen molar-refractivity contribution in [1.29, 1.82) is 0 Å². The van der Waals surface area contributed by atoms with Crippen LogP contribution < -0.4 is 19.1 Å². The van der Waals surface area contributed by atoms with Crippen LogP contribution in [0.15, 0.2) is 46.0 Å². The Morgan fingerprint density at radius 1 is 1.21 bits per heavy atom. The highest BCUT2D eigenvalue weighted by Gasteiger charge is 2.37. The summed E-state index contributed by atoms with van der Waals surface area (Å²) in [6, 6.07) is 10.6. The lowest BCUT2D eigenvalue weighted by molar-refractivity contribution is -0.132. The third-order valence-electron chi connectivity index (χ3n) is 4.90. The number of anilines is 1. The molecule has 1 aliphatic heterocycles. The molecule has 11 heteroatoms. The molecule has 1 amide bonds. The van der Waals surface area contributed by atoms with Crippen molar-refractivity contribution in [3.05, 3.63) is 46.4 Å². The molecule has 0 spiro atoms. The summed E-state index contributed by atoms with van der Waals surface area (Å²) >= 11 is 4.89. The average molecular weight is 545 g/mol. The van der Waals surface area contributed by atoms with Crippen molar-refractivity contribution in [3.63, 3.8) is 0 Å². The number of esters is 1. The monoisotopic (exact) mass is 544 g/mol. The number of amides is 1. The maximum atomic E-state index is 13.0. The first-order valence-corrected chi connectivity index (χ1v) is 12.1. The van der Waals surface area contributed by atoms with E-state index in [1.807, 2.05) is 25.1 Å². The van der Waals surface area contributed by atoms with Gasteiger partial charge in [-0.1, -0.05) is 52.8 Å². The van der Waals surface area contributed by atoms with Gasteiger partial charge >= 0.3 is 5.97 Å². The number of thioether (sulfide) groups is 1. The molecule has 9 nitrogen and oxygen atoms in total. The molecule has 0 N–H and O–H groups in total. The van der Waals surface area contributed by atoms with Gasteiger partial charge in [0.2, 0.25) is 23.2 Å². The van der Waals surface area contributed by atoms with Crippen LogP contribution in [0.5, 0.6) is 17.4 Å². The molecule has 0 unspecified atom stereocenters. The lowest BCUT2D eigenvalue weighted by atomic mass is 10.1. The molecular formula is C23H21BrN4O5S. The molecule has 1 aromatic heterocycles. The maximum Gasteiger partial charge on any atom is 0.308 e. The van der Waals surface area contributed by atoms with Gasteiger partial charge < -0.3 is 14.2 Å². The molecular weight excluding hydrogens is 524 g/mol. The summed E-state index contributed by atoms with van der Waals surface area (Å²) in [4.78, 5) is 31.0. The molecule has 1 aliphatic rings. The average Bonchev–Trinajstić information content (AvgIpc) is 2.94. The Kier molecular flexibility index (Phi) is 7.03. The smallest absolute Gasteiger partial charge is 0.308 e. The maximum absolute atomic E-state index is 13.0. The van der Waals surface area contributed by atoms with Crippen LogP contribution in [0.1, 0.15) is 32.6 Å². The zero-order valence-electron chi connectivity index (χ0n) is 18.9. The second kappa shape index (κ2) is 9.98. The number of hydrogen-bond acceptors (Lipinski definition) is 9. The molecule has 0 aliphatic carbocycles. The second-order valence-electron chi connectivity index (χ2n) is 7.18. The minimum atomic E-state index is -1.04. The molecule has 0 radical (unpaired) electrons. The Morgan fingerprint density at radius 2 is 1.97 bits per heavy atom. The Hall–Kier alpha value is -3.18. The van der Waals surface area contributed by atoms with Crippen molar-refractivity contribution < 1.29 is 23.8 Å². The standard InChI is InChI=1S/C23H21BrN4O5S/c1-5-34-23-25-21-19(26-27-23)15-8-6-7-9-17(15)28(12(2)29)22(33-21)16-10-14(24)11-18(31-4)20(16)32-13(3)30/h6-11,22H,5H2,1-4H3/t22-/m1/s1. The predicted molar refractivity (Wildman–Crippen MR) is 130 cm³/mol. The Morgan fingerprint density at radius 3 is 2.65 bits per heavy atom. The normalized spacial score (nSPS) is 14.4. The molecule has 3 aromatic rings. The first-order chi connectivity index (χ1) is 16.3. The largest absolute Gasteiger partial charge is 0.493 e. The van der Waals surface area contributed by atoms with Crippen LogP contribution in [0.3, 0.4) is 0 Å². The highest BCUT2D eigenvalue weighted by atomic mass is 79.9. The van der Waals surface area contributed by atoms with Crippen molar-refractivity contribution in [1.82, 2.24) is 15.2 Å². The van der Waals surface area contributed by atoms with E-state index < -0.39 is 12.2 Å². The minimum Gasteiger partial charge on any atom is -0.493 e. The van der Waals surface area contributed by atoms with Gasteiger partial charge in [0.15, 0.2) is 17.2 Å². The molecule has 2 heterocycles. The summed E-state index contributed by atoms with van der Waals surface area (Å²) in [6.07, 6.45) is -1.04. The number of hydrogen-bond donors (Lipinski definition) is 0. The molecule has 2 aromatic carbocycles. The van der Waals surface area contributed by atoms with Gasteiger partial charge in [-0.25, -0.2) is 0 Å². The first-order valence-electron chi connectivity index (χ1n) is 10.3. The van der Waals surface area contributed by atoms with Gasteiger partial charge in [-0.3, -0.25) is 14.5 Å². The summed E-state index contributed by atoms with van der Waals surface area (Å²) in [5.41, 5.74) is 1.99. The third kappa shape index (κ3) is 4.58. The number of carbonyl (C=O) groups is 2. The number of benzene rings is 2. The minimum absolute atomic E-state index is 0.139. The molecule has 34 heavy (non-hydrogen) atoms. The van der Waals surface area contributed by atoms with E-state index in [1.165, 1.54) is 37.6 Å². The fourth-order valence-corrected chi connectivity index (χ4v) is 4.58. The van der Waals surface area contributed by atoms with Gasteiger partial charge in [-0.2, -0.15) is 4.98 Å². The van der Waals surface area contributed by atoms with Crippen LogP contribution in [0.4, 0.5) is 5.69 Å². The number of halogens is 1. The van der Waals surface area contributed by atoms with Gasteiger partial charge in [-0.15, -0.1) is 10.2 Å². The summed E-state index contributed by atoms with van der Waals surface area (Å²) in [6.45, 7) is 4.70. The lowest BCUT2D eigenvalue weighted by Gasteiger charge is -2.31. The quantitative estimate of drug-likeness (QED) is 0.254. The molecule has 4 rings (SSSR count). The number of rotatable bonds is 5. The van der Waals surface area contributed by atoms with Gasteiger partial charge in [0.05, 0.1) is 18.4 Å². The highest BCUT2D eigenvalue weighted by Crippen LogP contribution is 2.47. The van der Waals surface area contributed by atoms with E-state index in [-0.39, 0.29) is 17.5 Å². The molecule has 1 atom stereocenters. The molecule has 0 bridgehead atoms. The number of aromatic nitrogens is 3. The van der Waals surface area contributed by atoms with Crippen molar-refractivity contribution in [2.24, 2.45) is 0 Å². The Bertz CT molecular complexity index is 1270. The molecule has 0 saturated heterocycles. The molecule has 0 saturated carbocycles. The zero-order chi connectivity index (χ0) is 24.4. The fraction of sp³-hybridized carbons (Fsp3) is 0.261. The number of carbonyl (C=O) groups excluding carboxylic acids is 2. The number of nitrogens with zero attached hydrogens (tertiary/aromatic N) is 4. The van der Waals surface area contributed by atoms with Crippen molar-refractivity contribution in [2.75, 3.05) is 17.8 Å². The van der Waals surface area contributed by atoms with E-state index in [0.29, 0.717) is 37.9 Å². The van der Waals surface area contributed by atoms with E-state index in [0.717, 1.165) is 5.75 Å². The van der Waals surface area contributed by atoms with E-state index in [2.05, 4.69) is 31.1 Å². The van der Waals surface area contributed by atoms with Gasteiger partial charge in [-0.05, 0) is 24.0 Å². The molecule has 176 valence electrons. The molecule has 0 fully saturated rings. The van der Waals surface area contributed by atoms with Crippen LogP contribution >= 0.6 is 27.7 Å². The number of methoxy groups -OCH3 is 1. The first kappa shape index (κ1) is 24.0. The number of ether oxygens (including phenoxy) is 3. The summed E-state index contributed by atoms with van der Waals surface area (Å²) in [5.74, 6) is 0.553.